The largest absolute Gasteiger partial charge is 0.457 e. The Bertz CT molecular complexity index is 734. The van der Waals surface area contributed by atoms with Gasteiger partial charge in [-0.25, -0.2) is 0 Å². The van der Waals surface area contributed by atoms with Crippen molar-refractivity contribution >= 4 is 5.97 Å². The fourth-order valence-corrected chi connectivity index (χ4v) is 4.84. The summed E-state index contributed by atoms with van der Waals surface area (Å²) in [4.78, 5) is 12.1. The van der Waals surface area contributed by atoms with Crippen molar-refractivity contribution < 1.29 is 19.4 Å². The summed E-state index contributed by atoms with van der Waals surface area (Å²) in [6.45, 7) is 5.16. The van der Waals surface area contributed by atoms with Crippen molar-refractivity contribution in [2.24, 2.45) is 0 Å². The molecule has 0 aliphatic carbocycles. The minimum absolute atomic E-state index is 0.185. The first kappa shape index (κ1) is 42.1. The molecule has 1 N–H and O–H groups in total. The summed E-state index contributed by atoms with van der Waals surface area (Å²) in [6, 6.07) is 0. The maximum Gasteiger partial charge on any atom is 0.306 e. The van der Waals surface area contributed by atoms with Gasteiger partial charge in [-0.1, -0.05) is 139 Å². The van der Waals surface area contributed by atoms with Crippen LogP contribution in [0.4, 0.5) is 0 Å². The van der Waals surface area contributed by atoms with Crippen LogP contribution in [0.5, 0.6) is 0 Å². The van der Waals surface area contributed by atoms with E-state index in [0.29, 0.717) is 13.0 Å². The topological polar surface area (TPSA) is 55.8 Å². The number of esters is 1. The van der Waals surface area contributed by atoms with E-state index in [2.05, 4.69) is 74.6 Å². The highest BCUT2D eigenvalue weighted by Gasteiger charge is 2.13. The van der Waals surface area contributed by atoms with Crippen LogP contribution in [0.1, 0.15) is 162 Å². The average molecular weight is 615 g/mol. The number of hydrogen-bond acceptors (Lipinski definition) is 4. The third-order valence-corrected chi connectivity index (χ3v) is 7.58. The minimum atomic E-state index is -0.549. The number of rotatable bonds is 33. The number of carbonyl (C=O) groups is 1. The van der Waals surface area contributed by atoms with Gasteiger partial charge in [0.25, 0.3) is 0 Å². The molecule has 0 aliphatic rings. The lowest BCUT2D eigenvalue weighted by atomic mass is 10.1. The van der Waals surface area contributed by atoms with Crippen LogP contribution in [0.3, 0.4) is 0 Å². The van der Waals surface area contributed by atoms with Gasteiger partial charge in [0.05, 0.1) is 13.2 Å². The number of aliphatic hydroxyl groups excluding tert-OH is 1. The van der Waals surface area contributed by atoms with Gasteiger partial charge in [-0.05, 0) is 77.0 Å². The second-order valence-corrected chi connectivity index (χ2v) is 11.9. The molecule has 0 aromatic rings. The van der Waals surface area contributed by atoms with Crippen LogP contribution in [0.2, 0.25) is 0 Å². The molecule has 0 rings (SSSR count). The third-order valence-electron chi connectivity index (χ3n) is 7.58. The predicted molar refractivity (Wildman–Crippen MR) is 191 cm³/mol. The number of carbonyl (C=O) groups excluding carboxylic acids is 1. The molecule has 0 aliphatic heterocycles. The van der Waals surface area contributed by atoms with Crippen molar-refractivity contribution in [2.75, 3.05) is 19.8 Å². The first-order valence-electron chi connectivity index (χ1n) is 18.4. The van der Waals surface area contributed by atoms with Gasteiger partial charge in [-0.2, -0.15) is 0 Å². The second kappa shape index (κ2) is 37.3. The summed E-state index contributed by atoms with van der Waals surface area (Å²) in [5.41, 5.74) is 0. The molecule has 0 heterocycles. The zero-order chi connectivity index (χ0) is 32.0. The van der Waals surface area contributed by atoms with Gasteiger partial charge in [0.1, 0.15) is 6.10 Å². The lowest BCUT2D eigenvalue weighted by Gasteiger charge is -2.15. The fourth-order valence-electron chi connectivity index (χ4n) is 4.84. The van der Waals surface area contributed by atoms with E-state index >= 15 is 0 Å². The van der Waals surface area contributed by atoms with E-state index in [4.69, 9.17) is 9.47 Å². The molecule has 1 atom stereocenters. The first-order valence-corrected chi connectivity index (χ1v) is 18.4. The number of unbranched alkanes of at least 4 members (excludes halogenated alkanes) is 15. The van der Waals surface area contributed by atoms with Crippen LogP contribution in [0, 0.1) is 0 Å². The third kappa shape index (κ3) is 34.6. The molecule has 0 aromatic heterocycles. The van der Waals surface area contributed by atoms with Gasteiger partial charge in [0, 0.05) is 13.0 Å². The van der Waals surface area contributed by atoms with Crippen molar-refractivity contribution in [3.63, 3.8) is 0 Å². The Morgan fingerprint density at radius 3 is 1.55 bits per heavy atom. The highest BCUT2D eigenvalue weighted by molar-refractivity contribution is 5.69. The standard InChI is InChI=1S/C40H70O4/c1-3-5-7-9-11-13-15-17-19-21-23-25-27-29-31-33-35-40(42)44-39(37-41)38-43-36-34-32-30-28-26-24-22-20-18-16-14-12-10-8-6-4-2/h6,8,12-15,18-21,39,41H,3-5,7,9-11,16-17,22-38H2,1-2H3/b8-6-,14-12-,15-13-,20-18-,21-19-. The van der Waals surface area contributed by atoms with Crippen LogP contribution in [-0.2, 0) is 14.3 Å². The smallest absolute Gasteiger partial charge is 0.306 e. The van der Waals surface area contributed by atoms with E-state index in [1.807, 2.05) is 0 Å². The van der Waals surface area contributed by atoms with Gasteiger partial charge in [-0.15, -0.1) is 0 Å². The number of aliphatic hydroxyl groups is 1. The minimum Gasteiger partial charge on any atom is -0.457 e. The van der Waals surface area contributed by atoms with Crippen LogP contribution >= 0.6 is 0 Å². The van der Waals surface area contributed by atoms with Crippen molar-refractivity contribution in [2.45, 2.75) is 168 Å². The van der Waals surface area contributed by atoms with Crippen LogP contribution in [-0.4, -0.2) is 37.0 Å². The quantitative estimate of drug-likeness (QED) is 0.0454. The molecule has 0 bridgehead atoms. The summed E-state index contributed by atoms with van der Waals surface area (Å²) >= 11 is 0. The number of allylic oxidation sites excluding steroid dienone is 10. The molecule has 4 heteroatoms. The second-order valence-electron chi connectivity index (χ2n) is 11.9. The van der Waals surface area contributed by atoms with Crippen molar-refractivity contribution in [3.8, 4) is 0 Å². The molecule has 0 fully saturated rings. The van der Waals surface area contributed by atoms with E-state index in [-0.39, 0.29) is 19.2 Å². The molecule has 0 saturated heterocycles. The summed E-state index contributed by atoms with van der Waals surface area (Å²) in [6.07, 6.45) is 48.3. The Kier molecular flexibility index (Phi) is 35.7. The normalized spacial score (nSPS) is 13.1. The number of hydrogen-bond donors (Lipinski definition) is 1. The first-order chi connectivity index (χ1) is 21.7. The summed E-state index contributed by atoms with van der Waals surface area (Å²) in [5.74, 6) is -0.222. The summed E-state index contributed by atoms with van der Waals surface area (Å²) in [5, 5.41) is 9.55. The van der Waals surface area contributed by atoms with Crippen molar-refractivity contribution in [1.82, 2.24) is 0 Å². The lowest BCUT2D eigenvalue weighted by molar-refractivity contribution is -0.154. The Balaban J connectivity index is 3.52. The van der Waals surface area contributed by atoms with E-state index in [1.54, 1.807) is 0 Å². The van der Waals surface area contributed by atoms with Gasteiger partial charge in [0.15, 0.2) is 0 Å². The molecule has 0 saturated carbocycles. The van der Waals surface area contributed by atoms with Gasteiger partial charge < -0.3 is 14.6 Å². The monoisotopic (exact) mass is 615 g/mol. The van der Waals surface area contributed by atoms with Crippen LogP contribution in [0.25, 0.3) is 0 Å². The molecule has 0 radical (unpaired) electrons. The molecule has 0 amide bonds. The highest BCUT2D eigenvalue weighted by atomic mass is 16.6. The molecule has 4 nitrogen and oxygen atoms in total. The maximum absolute atomic E-state index is 12.1. The van der Waals surface area contributed by atoms with Gasteiger partial charge in [-0.3, -0.25) is 4.79 Å². The summed E-state index contributed by atoms with van der Waals surface area (Å²) < 4.78 is 11.1. The van der Waals surface area contributed by atoms with E-state index in [1.165, 1.54) is 77.0 Å². The molecule has 44 heavy (non-hydrogen) atoms. The molecule has 254 valence electrons. The van der Waals surface area contributed by atoms with Crippen LogP contribution < -0.4 is 0 Å². The van der Waals surface area contributed by atoms with Gasteiger partial charge >= 0.3 is 5.97 Å². The Morgan fingerprint density at radius 1 is 0.568 bits per heavy atom. The fraction of sp³-hybridized carbons (Fsp3) is 0.725. The maximum atomic E-state index is 12.1. The average Bonchev–Trinajstić information content (AvgIpc) is 3.03. The Morgan fingerprint density at radius 2 is 1.02 bits per heavy atom. The molecule has 1 unspecified atom stereocenters. The van der Waals surface area contributed by atoms with Gasteiger partial charge in [0.2, 0.25) is 0 Å². The van der Waals surface area contributed by atoms with E-state index in [0.717, 1.165) is 64.2 Å². The van der Waals surface area contributed by atoms with Crippen LogP contribution in [0.15, 0.2) is 60.8 Å². The zero-order valence-corrected chi connectivity index (χ0v) is 28.9. The SMILES string of the molecule is CC/C=C\C/C=C\C/C=C\CCCCCCCCOCC(CO)OC(=O)CCCCCCC/C=C\C/C=C\CCCCCC. The molecule has 0 aromatic carbocycles. The van der Waals surface area contributed by atoms with Crippen molar-refractivity contribution in [3.05, 3.63) is 60.8 Å². The number of ether oxygens (including phenoxy) is 2. The summed E-state index contributed by atoms with van der Waals surface area (Å²) in [7, 11) is 0. The molecular formula is C40H70O4. The molecule has 0 spiro atoms. The zero-order valence-electron chi connectivity index (χ0n) is 28.9. The van der Waals surface area contributed by atoms with Crippen molar-refractivity contribution in [1.29, 1.82) is 0 Å². The Hall–Kier alpha value is -1.91. The predicted octanol–water partition coefficient (Wildman–Crippen LogP) is 11.7. The lowest BCUT2D eigenvalue weighted by Crippen LogP contribution is -2.27. The highest BCUT2D eigenvalue weighted by Crippen LogP contribution is 2.11. The van der Waals surface area contributed by atoms with E-state index < -0.39 is 6.10 Å². The Labute approximate surface area is 273 Å². The molecular weight excluding hydrogens is 544 g/mol. The van der Waals surface area contributed by atoms with E-state index in [9.17, 15) is 9.90 Å².